The molecule has 0 aromatic heterocycles. The first-order valence-electron chi connectivity index (χ1n) is 3.54. The van der Waals surface area contributed by atoms with Gasteiger partial charge in [0.25, 0.3) is 0 Å². The van der Waals surface area contributed by atoms with Crippen LogP contribution in [0.15, 0.2) is 35.5 Å². The SMILES string of the molecule is CC(C)=C/C=C/C(C)=C\C#N. The Hall–Kier alpha value is -1.29. The van der Waals surface area contributed by atoms with Crippen molar-refractivity contribution in [1.82, 2.24) is 0 Å². The van der Waals surface area contributed by atoms with E-state index in [2.05, 4.69) is 0 Å². The highest BCUT2D eigenvalue weighted by Crippen LogP contribution is 1.95. The Morgan fingerprint density at radius 2 is 1.91 bits per heavy atom. The number of nitrogens with zero attached hydrogens (tertiary/aromatic N) is 1. The molecule has 0 N–H and O–H groups in total. The van der Waals surface area contributed by atoms with Crippen LogP contribution in [0.4, 0.5) is 0 Å². The van der Waals surface area contributed by atoms with Gasteiger partial charge in [0.2, 0.25) is 0 Å². The predicted octanol–water partition coefficient (Wildman–Crippen LogP) is 2.98. The fraction of sp³-hybridized carbons (Fsp3) is 0.300. The number of rotatable bonds is 2. The van der Waals surface area contributed by atoms with Gasteiger partial charge >= 0.3 is 0 Å². The van der Waals surface area contributed by atoms with E-state index < -0.39 is 0 Å². The first-order chi connectivity index (χ1) is 5.16. The minimum atomic E-state index is 0.977. The zero-order valence-corrected chi connectivity index (χ0v) is 7.26. The summed E-state index contributed by atoms with van der Waals surface area (Å²) in [6.07, 6.45) is 7.39. The summed E-state index contributed by atoms with van der Waals surface area (Å²) in [5, 5.41) is 8.27. The van der Waals surface area contributed by atoms with Crippen molar-refractivity contribution in [3.8, 4) is 6.07 Å². The summed E-state index contributed by atoms with van der Waals surface area (Å²) in [7, 11) is 0. The van der Waals surface area contributed by atoms with E-state index in [1.54, 1.807) is 0 Å². The van der Waals surface area contributed by atoms with E-state index in [-0.39, 0.29) is 0 Å². The van der Waals surface area contributed by atoms with E-state index in [1.807, 2.05) is 45.1 Å². The lowest BCUT2D eigenvalue weighted by Gasteiger charge is -1.84. The lowest BCUT2D eigenvalue weighted by Crippen LogP contribution is -1.65. The maximum Gasteiger partial charge on any atom is 0.0914 e. The number of nitriles is 1. The Morgan fingerprint density at radius 1 is 1.27 bits per heavy atom. The van der Waals surface area contributed by atoms with Crippen molar-refractivity contribution in [2.75, 3.05) is 0 Å². The van der Waals surface area contributed by atoms with Gasteiger partial charge in [0.1, 0.15) is 0 Å². The molecular weight excluding hydrogens is 134 g/mol. The lowest BCUT2D eigenvalue weighted by atomic mass is 10.2. The molecule has 0 aliphatic heterocycles. The van der Waals surface area contributed by atoms with Crippen LogP contribution in [0.2, 0.25) is 0 Å². The molecule has 58 valence electrons. The first-order valence-corrected chi connectivity index (χ1v) is 3.54. The normalized spacial score (nSPS) is 11.3. The molecule has 0 fully saturated rings. The average molecular weight is 147 g/mol. The van der Waals surface area contributed by atoms with E-state index >= 15 is 0 Å². The molecule has 0 bridgehead atoms. The Labute approximate surface area is 68.3 Å². The maximum absolute atomic E-state index is 8.27. The van der Waals surface area contributed by atoms with Gasteiger partial charge in [-0.25, -0.2) is 0 Å². The molecule has 0 saturated heterocycles. The molecule has 0 unspecified atom stereocenters. The van der Waals surface area contributed by atoms with Gasteiger partial charge in [-0.1, -0.05) is 23.8 Å². The predicted molar refractivity (Wildman–Crippen MR) is 47.9 cm³/mol. The average Bonchev–Trinajstić information content (AvgIpc) is 1.87. The van der Waals surface area contributed by atoms with Crippen LogP contribution in [0.25, 0.3) is 0 Å². The summed E-state index contributed by atoms with van der Waals surface area (Å²) >= 11 is 0. The highest BCUT2D eigenvalue weighted by Gasteiger charge is 1.77. The zero-order chi connectivity index (χ0) is 8.69. The van der Waals surface area contributed by atoms with E-state index in [4.69, 9.17) is 5.26 Å². The van der Waals surface area contributed by atoms with Gasteiger partial charge < -0.3 is 0 Å². The Kier molecular flexibility index (Phi) is 4.85. The first kappa shape index (κ1) is 9.71. The van der Waals surface area contributed by atoms with Crippen molar-refractivity contribution in [2.24, 2.45) is 0 Å². The van der Waals surface area contributed by atoms with E-state index in [0.717, 1.165) is 5.57 Å². The molecule has 0 aromatic carbocycles. The number of hydrogen-bond acceptors (Lipinski definition) is 1. The summed E-state index contributed by atoms with van der Waals surface area (Å²) in [6.45, 7) is 5.97. The monoisotopic (exact) mass is 147 g/mol. The zero-order valence-electron chi connectivity index (χ0n) is 7.26. The summed E-state index contributed by atoms with van der Waals surface area (Å²) in [5.74, 6) is 0. The third-order valence-electron chi connectivity index (χ3n) is 1.08. The summed E-state index contributed by atoms with van der Waals surface area (Å²) in [6, 6.07) is 1.97. The standard InChI is InChI=1S/C10H13N/c1-9(2)5-4-6-10(3)7-8-11/h4-7H,1-3H3/b6-4+,10-7-. The minimum absolute atomic E-state index is 0.977. The fourth-order valence-corrected chi connectivity index (χ4v) is 0.542. The van der Waals surface area contributed by atoms with Crippen LogP contribution in [0.1, 0.15) is 20.8 Å². The number of allylic oxidation sites excluding steroid dienone is 6. The highest BCUT2D eigenvalue weighted by molar-refractivity contribution is 5.25. The number of hydrogen-bond donors (Lipinski definition) is 0. The van der Waals surface area contributed by atoms with Crippen molar-refractivity contribution in [2.45, 2.75) is 20.8 Å². The molecule has 0 amide bonds. The van der Waals surface area contributed by atoms with Crippen LogP contribution in [-0.4, -0.2) is 0 Å². The smallest absolute Gasteiger partial charge is 0.0914 e. The van der Waals surface area contributed by atoms with Gasteiger partial charge in [0.15, 0.2) is 0 Å². The fourth-order valence-electron chi connectivity index (χ4n) is 0.542. The maximum atomic E-state index is 8.27. The molecule has 0 radical (unpaired) electrons. The molecule has 0 atom stereocenters. The van der Waals surface area contributed by atoms with Crippen molar-refractivity contribution in [3.63, 3.8) is 0 Å². The van der Waals surface area contributed by atoms with Crippen LogP contribution < -0.4 is 0 Å². The molecule has 11 heavy (non-hydrogen) atoms. The van der Waals surface area contributed by atoms with E-state index in [9.17, 15) is 0 Å². The van der Waals surface area contributed by atoms with Gasteiger partial charge in [-0.3, -0.25) is 0 Å². The van der Waals surface area contributed by atoms with Gasteiger partial charge in [-0.2, -0.15) is 5.26 Å². The molecule has 0 rings (SSSR count). The highest BCUT2D eigenvalue weighted by atomic mass is 14.2. The second-order valence-electron chi connectivity index (χ2n) is 2.62. The minimum Gasteiger partial charge on any atom is -0.193 e. The molecule has 0 heterocycles. The van der Waals surface area contributed by atoms with Crippen molar-refractivity contribution < 1.29 is 0 Å². The Bertz CT molecular complexity index is 232. The Balaban J connectivity index is 4.07. The molecule has 0 aliphatic carbocycles. The van der Waals surface area contributed by atoms with Crippen LogP contribution in [0, 0.1) is 11.3 Å². The molecule has 0 aromatic rings. The molecule has 0 spiro atoms. The van der Waals surface area contributed by atoms with Crippen LogP contribution in [0.3, 0.4) is 0 Å². The van der Waals surface area contributed by atoms with E-state index in [0.29, 0.717) is 0 Å². The largest absolute Gasteiger partial charge is 0.193 e. The lowest BCUT2D eigenvalue weighted by molar-refractivity contribution is 1.39. The van der Waals surface area contributed by atoms with Gasteiger partial charge in [-0.05, 0) is 26.3 Å². The van der Waals surface area contributed by atoms with Crippen LogP contribution in [-0.2, 0) is 0 Å². The van der Waals surface area contributed by atoms with Crippen LogP contribution >= 0.6 is 0 Å². The molecule has 0 saturated carbocycles. The summed E-state index contributed by atoms with van der Waals surface area (Å²) in [4.78, 5) is 0. The van der Waals surface area contributed by atoms with Gasteiger partial charge in [0.05, 0.1) is 6.07 Å². The third kappa shape index (κ3) is 6.60. The van der Waals surface area contributed by atoms with Crippen molar-refractivity contribution >= 4 is 0 Å². The second kappa shape index (κ2) is 5.49. The second-order valence-corrected chi connectivity index (χ2v) is 2.62. The Morgan fingerprint density at radius 3 is 2.36 bits per heavy atom. The quantitative estimate of drug-likeness (QED) is 0.435. The van der Waals surface area contributed by atoms with Gasteiger partial charge in [0, 0.05) is 6.08 Å². The third-order valence-corrected chi connectivity index (χ3v) is 1.08. The molecule has 1 nitrogen and oxygen atoms in total. The summed E-state index contributed by atoms with van der Waals surface area (Å²) < 4.78 is 0. The molecular formula is C10H13N. The molecule has 1 heteroatoms. The van der Waals surface area contributed by atoms with Crippen molar-refractivity contribution in [1.29, 1.82) is 5.26 Å². The van der Waals surface area contributed by atoms with Gasteiger partial charge in [-0.15, -0.1) is 0 Å². The topological polar surface area (TPSA) is 23.8 Å². The van der Waals surface area contributed by atoms with E-state index in [1.165, 1.54) is 11.6 Å². The summed E-state index contributed by atoms with van der Waals surface area (Å²) in [5.41, 5.74) is 2.23. The molecule has 0 aliphatic rings. The van der Waals surface area contributed by atoms with Crippen molar-refractivity contribution in [3.05, 3.63) is 35.5 Å². The van der Waals surface area contributed by atoms with Crippen LogP contribution in [0.5, 0.6) is 0 Å².